The average Bonchev–Trinajstić information content (AvgIpc) is 3.14. The van der Waals surface area contributed by atoms with Crippen LogP contribution in [-0.2, 0) is 28.7 Å². The fraction of sp³-hybridized carbons (Fsp3) is 0.826. The van der Waals surface area contributed by atoms with E-state index in [0.717, 1.165) is 0 Å². The summed E-state index contributed by atoms with van der Waals surface area (Å²) >= 11 is 0. The van der Waals surface area contributed by atoms with E-state index in [4.69, 9.17) is 9.47 Å². The van der Waals surface area contributed by atoms with Crippen LogP contribution in [0.15, 0.2) is 0 Å². The maximum Gasteiger partial charge on any atom is 0.313 e. The summed E-state index contributed by atoms with van der Waals surface area (Å²) in [4.78, 5) is 51.1. The molecule has 4 aliphatic rings. The Balaban J connectivity index is 1.41. The van der Waals surface area contributed by atoms with Gasteiger partial charge in [-0.15, -0.1) is 0 Å². The third kappa shape index (κ3) is 2.26. The van der Waals surface area contributed by atoms with E-state index < -0.39 is 38.9 Å². The number of carbonyl (C=O) groups excluding carboxylic acids is 4. The highest BCUT2D eigenvalue weighted by molar-refractivity contribution is 5.97. The molecule has 0 aromatic carbocycles. The molecule has 0 spiro atoms. The van der Waals surface area contributed by atoms with E-state index in [9.17, 15) is 19.2 Å². The van der Waals surface area contributed by atoms with Crippen LogP contribution < -0.4 is 10.6 Å². The van der Waals surface area contributed by atoms with Crippen molar-refractivity contribution in [1.82, 2.24) is 10.6 Å². The molecule has 2 saturated heterocycles. The maximum absolute atomic E-state index is 13.2. The molecule has 2 N–H and O–H groups in total. The van der Waals surface area contributed by atoms with Gasteiger partial charge in [0.2, 0.25) is 0 Å². The highest BCUT2D eigenvalue weighted by atomic mass is 16.6. The molecule has 4 fully saturated rings. The van der Waals surface area contributed by atoms with Crippen molar-refractivity contribution in [2.75, 3.05) is 6.54 Å². The molecule has 2 saturated carbocycles. The molecule has 0 radical (unpaired) electrons. The largest absolute Gasteiger partial charge is 0.448 e. The summed E-state index contributed by atoms with van der Waals surface area (Å²) < 4.78 is 11.2. The summed E-state index contributed by atoms with van der Waals surface area (Å²) in [5, 5.41) is 5.79. The lowest BCUT2D eigenvalue weighted by molar-refractivity contribution is -0.169. The molecular weight excluding hydrogens is 400 g/mol. The van der Waals surface area contributed by atoms with Crippen LogP contribution in [0.4, 0.5) is 0 Å². The van der Waals surface area contributed by atoms with E-state index in [1.54, 1.807) is 6.92 Å². The quantitative estimate of drug-likeness (QED) is 0.639. The Bertz CT molecular complexity index is 896. The Labute approximate surface area is 183 Å². The molecule has 4 bridgehead atoms. The number of nitrogens with one attached hydrogen (secondary N) is 2. The lowest BCUT2D eigenvalue weighted by atomic mass is 9.66. The molecule has 0 aromatic rings. The molecule has 2 heterocycles. The number of carbonyl (C=O) groups is 4. The van der Waals surface area contributed by atoms with Crippen LogP contribution in [0.1, 0.15) is 74.1 Å². The fourth-order valence-corrected chi connectivity index (χ4v) is 6.27. The van der Waals surface area contributed by atoms with Gasteiger partial charge in [-0.25, -0.2) is 0 Å². The molecule has 0 aromatic heterocycles. The zero-order chi connectivity index (χ0) is 23.3. The van der Waals surface area contributed by atoms with Gasteiger partial charge in [0, 0.05) is 23.4 Å². The van der Waals surface area contributed by atoms with Crippen LogP contribution >= 0.6 is 0 Å². The molecular formula is C23H34N2O6. The fourth-order valence-electron chi connectivity index (χ4n) is 6.27. The highest BCUT2D eigenvalue weighted by Gasteiger charge is 2.76. The predicted octanol–water partition coefficient (Wildman–Crippen LogP) is 1.85. The van der Waals surface area contributed by atoms with E-state index in [2.05, 4.69) is 10.6 Å². The first kappa shape index (κ1) is 22.1. The molecule has 2 amide bonds. The molecule has 8 nitrogen and oxygen atoms in total. The van der Waals surface area contributed by atoms with Crippen molar-refractivity contribution >= 4 is 23.8 Å². The molecule has 8 heteroatoms. The monoisotopic (exact) mass is 434 g/mol. The van der Waals surface area contributed by atoms with Crippen molar-refractivity contribution in [3.8, 4) is 0 Å². The van der Waals surface area contributed by atoms with Gasteiger partial charge in [-0.3, -0.25) is 19.2 Å². The summed E-state index contributed by atoms with van der Waals surface area (Å²) in [6.07, 6.45) is 2.19. The summed E-state index contributed by atoms with van der Waals surface area (Å²) in [5.74, 6) is -1.30. The first-order valence-electron chi connectivity index (χ1n) is 11.2. The molecule has 0 unspecified atom stereocenters. The third-order valence-corrected chi connectivity index (χ3v) is 9.85. The molecule has 172 valence electrons. The predicted molar refractivity (Wildman–Crippen MR) is 111 cm³/mol. The summed E-state index contributed by atoms with van der Waals surface area (Å²) in [6.45, 7) is 13.3. The summed E-state index contributed by atoms with van der Waals surface area (Å²) in [6, 6.07) is -0.391. The Kier molecular flexibility index (Phi) is 4.28. The van der Waals surface area contributed by atoms with E-state index in [1.807, 2.05) is 41.5 Å². The number of rotatable bonds is 5. The van der Waals surface area contributed by atoms with Crippen molar-refractivity contribution in [2.24, 2.45) is 21.7 Å². The Morgan fingerprint density at radius 1 is 0.806 bits per heavy atom. The molecule has 2 aliphatic heterocycles. The van der Waals surface area contributed by atoms with E-state index >= 15 is 0 Å². The maximum atomic E-state index is 13.2. The van der Waals surface area contributed by atoms with Gasteiger partial charge in [0.1, 0.15) is 0 Å². The number of amides is 2. The van der Waals surface area contributed by atoms with Gasteiger partial charge in [0.25, 0.3) is 11.8 Å². The minimum absolute atomic E-state index is 0.179. The van der Waals surface area contributed by atoms with Crippen molar-refractivity contribution in [1.29, 1.82) is 0 Å². The van der Waals surface area contributed by atoms with Crippen molar-refractivity contribution in [2.45, 2.75) is 91.4 Å². The lowest BCUT2D eigenvalue weighted by Crippen LogP contribution is -2.58. The first-order chi connectivity index (χ1) is 14.1. The van der Waals surface area contributed by atoms with Gasteiger partial charge in [-0.1, -0.05) is 27.7 Å². The second-order valence-corrected chi connectivity index (χ2v) is 11.4. The van der Waals surface area contributed by atoms with Crippen molar-refractivity contribution < 1.29 is 28.7 Å². The zero-order valence-corrected chi connectivity index (χ0v) is 19.6. The van der Waals surface area contributed by atoms with Crippen LogP contribution in [-0.4, -0.2) is 47.5 Å². The average molecular weight is 435 g/mol. The smallest absolute Gasteiger partial charge is 0.313 e. The van der Waals surface area contributed by atoms with Crippen LogP contribution in [0, 0.1) is 21.7 Å². The van der Waals surface area contributed by atoms with Crippen LogP contribution in [0.3, 0.4) is 0 Å². The van der Waals surface area contributed by atoms with Gasteiger partial charge in [-0.05, 0) is 46.5 Å². The minimum atomic E-state index is -1.19. The molecule has 31 heavy (non-hydrogen) atoms. The highest BCUT2D eigenvalue weighted by Crippen LogP contribution is 2.66. The summed E-state index contributed by atoms with van der Waals surface area (Å²) in [5.41, 5.74) is -4.96. The second-order valence-electron chi connectivity index (χ2n) is 11.4. The zero-order valence-electron chi connectivity index (χ0n) is 19.6. The van der Waals surface area contributed by atoms with Gasteiger partial charge in [0.05, 0.1) is 10.8 Å². The minimum Gasteiger partial charge on any atom is -0.448 e. The van der Waals surface area contributed by atoms with Crippen LogP contribution in [0.5, 0.6) is 0 Å². The van der Waals surface area contributed by atoms with E-state index in [-0.39, 0.29) is 30.3 Å². The van der Waals surface area contributed by atoms with Gasteiger partial charge in [0.15, 0.2) is 11.2 Å². The number of fused-ring (bicyclic) bond motifs is 4. The number of esters is 2. The van der Waals surface area contributed by atoms with Gasteiger partial charge >= 0.3 is 11.9 Å². The van der Waals surface area contributed by atoms with Crippen molar-refractivity contribution in [3.05, 3.63) is 0 Å². The molecule has 4 rings (SSSR count). The van der Waals surface area contributed by atoms with E-state index in [0.29, 0.717) is 25.7 Å². The van der Waals surface area contributed by atoms with Crippen molar-refractivity contribution in [3.63, 3.8) is 0 Å². The Morgan fingerprint density at radius 3 is 1.58 bits per heavy atom. The van der Waals surface area contributed by atoms with Crippen LogP contribution in [0.2, 0.25) is 0 Å². The normalized spacial score (nSPS) is 42.2. The third-order valence-electron chi connectivity index (χ3n) is 9.85. The Morgan fingerprint density at radius 2 is 1.23 bits per heavy atom. The number of ether oxygens (including phenoxy) is 2. The first-order valence-corrected chi connectivity index (χ1v) is 11.2. The molecule has 2 aliphatic carbocycles. The Hall–Kier alpha value is -2.12. The van der Waals surface area contributed by atoms with Crippen LogP contribution in [0.25, 0.3) is 0 Å². The lowest BCUT2D eigenvalue weighted by Gasteiger charge is -2.37. The number of hydrogen-bond donors (Lipinski definition) is 2. The van der Waals surface area contributed by atoms with E-state index in [1.165, 1.54) is 0 Å². The topological polar surface area (TPSA) is 111 Å². The second kappa shape index (κ2) is 6.01. The molecule has 5 atom stereocenters. The SMILES string of the molecule is C[C@H](CNC(=O)[C@@]12CC[C@@](C)(C(=O)O1)C2(C)C)NC(=O)[C@@]12CC[C@@](C)(C(=O)O1)C2(C)C. The standard InChI is InChI=1S/C23H34N2O6/c1-13(25-15(27)23-11-9-21(7,17(29)31-23)19(23,4)5)12-24-14(26)22-10-8-20(6,16(28)30-22)18(22,2)3/h13H,8-12H2,1-7H3,(H,24,26)(H,25,27)/t13-,20+,21+,22-,23-/m1/s1. The number of hydrogen-bond acceptors (Lipinski definition) is 6. The van der Waals surface area contributed by atoms with Gasteiger partial charge < -0.3 is 20.1 Å². The summed E-state index contributed by atoms with van der Waals surface area (Å²) in [7, 11) is 0. The van der Waals surface area contributed by atoms with Gasteiger partial charge in [-0.2, -0.15) is 0 Å².